The molecule has 0 saturated carbocycles. The highest BCUT2D eigenvalue weighted by molar-refractivity contribution is 6.18. The van der Waals surface area contributed by atoms with Crippen LogP contribution in [0.2, 0.25) is 0 Å². The number of hydrogen-bond donors (Lipinski definition) is 2. The number of nitrogens with zero attached hydrogens (tertiary/aromatic N) is 4. The van der Waals surface area contributed by atoms with Crippen molar-refractivity contribution in [2.24, 2.45) is 16.6 Å². The van der Waals surface area contributed by atoms with Crippen LogP contribution >= 0.6 is 0 Å². The average molecular weight is 514 g/mol. The Morgan fingerprint density at radius 1 is 1.25 bits per heavy atom. The number of hydrogen-bond acceptors (Lipinski definition) is 6. The average Bonchev–Trinajstić information content (AvgIpc) is 2.80. The van der Waals surface area contributed by atoms with Crippen molar-refractivity contribution in [2.75, 3.05) is 25.5 Å². The van der Waals surface area contributed by atoms with E-state index in [4.69, 9.17) is 5.73 Å². The van der Waals surface area contributed by atoms with E-state index < -0.39 is 54.4 Å². The van der Waals surface area contributed by atoms with E-state index in [2.05, 4.69) is 20.3 Å². The zero-order chi connectivity index (χ0) is 26.7. The molecule has 3 rings (SSSR count). The summed E-state index contributed by atoms with van der Waals surface area (Å²) in [6.45, 7) is 0.526. The largest absolute Gasteiger partial charge is 0.434 e. The molecule has 1 unspecified atom stereocenters. The van der Waals surface area contributed by atoms with Crippen molar-refractivity contribution in [1.82, 2.24) is 14.9 Å². The number of anilines is 1. The van der Waals surface area contributed by atoms with Gasteiger partial charge in [0.25, 0.3) is 11.8 Å². The Kier molecular flexibility index (Phi) is 7.89. The van der Waals surface area contributed by atoms with Gasteiger partial charge in [0.2, 0.25) is 0 Å². The van der Waals surface area contributed by atoms with Gasteiger partial charge >= 0.3 is 6.18 Å². The zero-order valence-corrected chi connectivity index (χ0v) is 19.4. The first kappa shape index (κ1) is 27.0. The van der Waals surface area contributed by atoms with Crippen LogP contribution in [-0.2, 0) is 11.0 Å². The number of carbonyl (C=O) groups excluding carboxylic acids is 1. The molecule has 1 aromatic heterocycles. The molecule has 7 nitrogen and oxygen atoms in total. The molecule has 1 amide bonds. The van der Waals surface area contributed by atoms with Crippen molar-refractivity contribution in [3.63, 3.8) is 0 Å². The number of benzene rings is 1. The number of amides is 1. The molecule has 1 saturated heterocycles. The third-order valence-corrected chi connectivity index (χ3v) is 5.71. The summed E-state index contributed by atoms with van der Waals surface area (Å²) in [5.74, 6) is -5.30. The third-order valence-electron chi connectivity index (χ3n) is 5.71. The lowest BCUT2D eigenvalue weighted by Crippen LogP contribution is -2.58. The molecule has 2 aromatic rings. The van der Waals surface area contributed by atoms with Crippen LogP contribution in [0.1, 0.15) is 24.6 Å². The second-order valence-electron chi connectivity index (χ2n) is 8.42. The van der Waals surface area contributed by atoms with E-state index in [-0.39, 0.29) is 23.6 Å². The fraction of sp³-hybridized carbons (Fsp3) is 0.391. The lowest BCUT2D eigenvalue weighted by atomic mass is 9.88. The molecule has 2 atom stereocenters. The number of halogens is 6. The van der Waals surface area contributed by atoms with Gasteiger partial charge in [0.15, 0.2) is 5.69 Å². The number of aliphatic imine (C=N–C) groups is 1. The maximum Gasteiger partial charge on any atom is 0.434 e. The number of carbonyl (C=O) groups is 1. The molecule has 0 radical (unpaired) electrons. The van der Waals surface area contributed by atoms with Crippen molar-refractivity contribution >= 4 is 23.5 Å². The molecule has 1 aromatic carbocycles. The van der Waals surface area contributed by atoms with Crippen LogP contribution in [0, 0.1) is 11.7 Å². The summed E-state index contributed by atoms with van der Waals surface area (Å²) < 4.78 is 80.4. The van der Waals surface area contributed by atoms with E-state index in [1.54, 1.807) is 0 Å². The summed E-state index contributed by atoms with van der Waals surface area (Å²) in [5, 5.41) is 2.76. The number of alkyl halides is 5. The molecule has 0 bridgehead atoms. The van der Waals surface area contributed by atoms with Gasteiger partial charge in [0.1, 0.15) is 17.3 Å². The van der Waals surface area contributed by atoms with Crippen molar-refractivity contribution in [3.8, 4) is 0 Å². The SMILES string of the molecule is CN=CC(=C(N)C(=O)N1CC(F)(F)CC(C)[C@H]1CNc1cnc(C(F)(F)F)cn1)c1ccc(F)cc1. The van der Waals surface area contributed by atoms with Crippen molar-refractivity contribution < 1.29 is 31.1 Å². The van der Waals surface area contributed by atoms with Gasteiger partial charge in [-0.15, -0.1) is 0 Å². The molecule has 1 aliphatic rings. The van der Waals surface area contributed by atoms with Crippen LogP contribution in [0.5, 0.6) is 0 Å². The van der Waals surface area contributed by atoms with Gasteiger partial charge in [-0.3, -0.25) is 9.79 Å². The number of piperidine rings is 1. The second-order valence-corrected chi connectivity index (χ2v) is 8.42. The van der Waals surface area contributed by atoms with E-state index in [1.807, 2.05) is 0 Å². The topological polar surface area (TPSA) is 96.5 Å². The van der Waals surface area contributed by atoms with Gasteiger partial charge in [-0.25, -0.2) is 23.1 Å². The molecule has 1 fully saturated rings. The van der Waals surface area contributed by atoms with Crippen LogP contribution < -0.4 is 11.1 Å². The van der Waals surface area contributed by atoms with Gasteiger partial charge in [-0.2, -0.15) is 13.2 Å². The lowest BCUT2D eigenvalue weighted by molar-refractivity contribution is -0.148. The van der Waals surface area contributed by atoms with Gasteiger partial charge in [-0.05, 0) is 23.6 Å². The van der Waals surface area contributed by atoms with Gasteiger partial charge in [0, 0.05) is 31.8 Å². The molecule has 36 heavy (non-hydrogen) atoms. The Bertz CT molecular complexity index is 1130. The number of aromatic nitrogens is 2. The van der Waals surface area contributed by atoms with E-state index >= 15 is 0 Å². The Balaban J connectivity index is 1.89. The molecular formula is C23H24F6N6O. The highest BCUT2D eigenvalue weighted by atomic mass is 19.4. The molecular weight excluding hydrogens is 490 g/mol. The molecule has 194 valence electrons. The van der Waals surface area contributed by atoms with Gasteiger partial charge in [0.05, 0.1) is 25.0 Å². The monoisotopic (exact) mass is 514 g/mol. The predicted molar refractivity (Wildman–Crippen MR) is 122 cm³/mol. The Labute approximate surface area is 203 Å². The lowest BCUT2D eigenvalue weighted by Gasteiger charge is -2.43. The van der Waals surface area contributed by atoms with Crippen LogP contribution in [0.15, 0.2) is 47.3 Å². The summed E-state index contributed by atoms with van der Waals surface area (Å²) in [6, 6.07) is 4.27. The van der Waals surface area contributed by atoms with Crippen LogP contribution in [0.4, 0.5) is 32.2 Å². The minimum Gasteiger partial charge on any atom is -0.394 e. The normalized spacial score (nSPS) is 20.8. The fourth-order valence-corrected chi connectivity index (χ4v) is 3.98. The van der Waals surface area contributed by atoms with Gasteiger partial charge < -0.3 is 16.0 Å². The highest BCUT2D eigenvalue weighted by Crippen LogP contribution is 2.35. The van der Waals surface area contributed by atoms with E-state index in [1.165, 1.54) is 32.3 Å². The first-order valence-corrected chi connectivity index (χ1v) is 10.8. The second kappa shape index (κ2) is 10.5. The minimum absolute atomic E-state index is 0.0198. The number of rotatable bonds is 6. The molecule has 2 heterocycles. The fourth-order valence-electron chi connectivity index (χ4n) is 3.98. The van der Waals surface area contributed by atoms with E-state index in [0.717, 1.165) is 23.2 Å². The third kappa shape index (κ3) is 6.32. The molecule has 0 spiro atoms. The predicted octanol–water partition coefficient (Wildman–Crippen LogP) is 3.99. The first-order valence-electron chi connectivity index (χ1n) is 10.8. The highest BCUT2D eigenvalue weighted by Gasteiger charge is 2.46. The van der Waals surface area contributed by atoms with Crippen molar-refractivity contribution in [2.45, 2.75) is 31.5 Å². The molecule has 13 heteroatoms. The quantitative estimate of drug-likeness (QED) is 0.345. The van der Waals surface area contributed by atoms with E-state index in [0.29, 0.717) is 11.8 Å². The smallest absolute Gasteiger partial charge is 0.394 e. The molecule has 0 aliphatic carbocycles. The number of allylic oxidation sites excluding steroid dienone is 1. The van der Waals surface area contributed by atoms with Crippen molar-refractivity contribution in [3.05, 3.63) is 59.4 Å². The summed E-state index contributed by atoms with van der Waals surface area (Å²) in [5.41, 5.74) is 5.06. The standard InChI is InChI=1S/C23H24F6N6O/c1-13-7-22(25,26)12-35(17(13)9-33-19-11-32-18(10-34-19)23(27,28)29)21(36)20(30)16(8-31-2)14-3-5-15(24)6-4-14/h3-6,8,10-11,13,17H,7,9,12,30H2,1-2H3,(H,33,34)/t13?,17-/m1/s1. The van der Waals surface area contributed by atoms with Gasteiger partial charge in [-0.1, -0.05) is 19.1 Å². The summed E-state index contributed by atoms with van der Waals surface area (Å²) >= 11 is 0. The Morgan fingerprint density at radius 3 is 2.47 bits per heavy atom. The zero-order valence-electron chi connectivity index (χ0n) is 19.4. The maximum atomic E-state index is 14.5. The number of likely N-dealkylation sites (tertiary alicyclic amines) is 1. The van der Waals surface area contributed by atoms with E-state index in [9.17, 15) is 31.1 Å². The van der Waals surface area contributed by atoms with Crippen LogP contribution in [0.3, 0.4) is 0 Å². The first-order chi connectivity index (χ1) is 16.8. The number of nitrogens with two attached hydrogens (primary N) is 1. The van der Waals surface area contributed by atoms with Crippen molar-refractivity contribution in [1.29, 1.82) is 0 Å². The van der Waals surface area contributed by atoms with Crippen LogP contribution in [0.25, 0.3) is 5.57 Å². The minimum atomic E-state index is -4.66. The summed E-state index contributed by atoms with van der Waals surface area (Å²) in [6.07, 6.45) is -2.48. The summed E-state index contributed by atoms with van der Waals surface area (Å²) in [7, 11) is 1.43. The molecule has 3 N–H and O–H groups in total. The Morgan fingerprint density at radius 2 is 1.92 bits per heavy atom. The Hall–Kier alpha value is -3.64. The summed E-state index contributed by atoms with van der Waals surface area (Å²) in [4.78, 5) is 25.1. The number of nitrogens with one attached hydrogen (secondary N) is 1. The molecule has 1 aliphatic heterocycles. The maximum absolute atomic E-state index is 14.5. The van der Waals surface area contributed by atoms with Crippen LogP contribution in [-0.4, -0.2) is 59.1 Å².